The summed E-state index contributed by atoms with van der Waals surface area (Å²) in [6.45, 7) is 0. The maximum Gasteiger partial charge on any atom is 0.303 e. The van der Waals surface area contributed by atoms with E-state index >= 15 is 0 Å². The van der Waals surface area contributed by atoms with Crippen LogP contribution in [0.2, 0.25) is 0 Å². The van der Waals surface area contributed by atoms with Crippen molar-refractivity contribution in [2.75, 3.05) is 11.5 Å². The SMILES string of the molecule is Nc1ccc(SCCCCC(=O)O)cc1. The molecule has 0 saturated carbocycles. The van der Waals surface area contributed by atoms with Crippen LogP contribution in [0, 0.1) is 0 Å². The predicted octanol–water partition coefficient (Wildman–Crippen LogP) is 2.62. The molecule has 3 nitrogen and oxygen atoms in total. The number of rotatable bonds is 6. The first kappa shape index (κ1) is 11.9. The van der Waals surface area contributed by atoms with E-state index in [1.807, 2.05) is 24.3 Å². The van der Waals surface area contributed by atoms with Crippen molar-refractivity contribution in [3.8, 4) is 0 Å². The molecule has 0 spiro atoms. The summed E-state index contributed by atoms with van der Waals surface area (Å²) in [7, 11) is 0. The Morgan fingerprint density at radius 3 is 2.53 bits per heavy atom. The number of nitrogen functional groups attached to an aromatic ring is 1. The fourth-order valence-corrected chi connectivity index (χ4v) is 2.05. The number of benzene rings is 1. The monoisotopic (exact) mass is 225 g/mol. The van der Waals surface area contributed by atoms with Gasteiger partial charge in [-0.1, -0.05) is 0 Å². The van der Waals surface area contributed by atoms with Crippen molar-refractivity contribution in [3.63, 3.8) is 0 Å². The summed E-state index contributed by atoms with van der Waals surface area (Å²) in [4.78, 5) is 11.4. The van der Waals surface area contributed by atoms with Gasteiger partial charge in [0.15, 0.2) is 0 Å². The van der Waals surface area contributed by atoms with Crippen LogP contribution in [-0.2, 0) is 4.79 Å². The number of hydrogen-bond donors (Lipinski definition) is 2. The number of carbonyl (C=O) groups is 1. The van der Waals surface area contributed by atoms with Gasteiger partial charge in [-0.25, -0.2) is 0 Å². The number of nitrogens with two attached hydrogens (primary N) is 1. The van der Waals surface area contributed by atoms with Gasteiger partial charge in [0, 0.05) is 17.0 Å². The number of carboxylic acids is 1. The number of unbranched alkanes of at least 4 members (excludes halogenated alkanes) is 1. The molecule has 82 valence electrons. The Morgan fingerprint density at radius 1 is 1.27 bits per heavy atom. The molecule has 0 unspecified atom stereocenters. The lowest BCUT2D eigenvalue weighted by Crippen LogP contribution is -1.94. The number of carboxylic acid groups (broad SMARTS) is 1. The average molecular weight is 225 g/mol. The topological polar surface area (TPSA) is 63.3 Å². The van der Waals surface area contributed by atoms with E-state index in [0.717, 1.165) is 24.3 Å². The Balaban J connectivity index is 2.15. The lowest BCUT2D eigenvalue weighted by molar-refractivity contribution is -0.137. The Kier molecular flexibility index (Phi) is 5.04. The first-order valence-electron chi connectivity index (χ1n) is 4.88. The molecule has 3 N–H and O–H groups in total. The molecule has 0 atom stereocenters. The smallest absolute Gasteiger partial charge is 0.303 e. The number of thioether (sulfide) groups is 1. The zero-order valence-electron chi connectivity index (χ0n) is 8.48. The highest BCUT2D eigenvalue weighted by atomic mass is 32.2. The molecule has 0 aliphatic carbocycles. The van der Waals surface area contributed by atoms with Crippen LogP contribution >= 0.6 is 11.8 Å². The molecule has 1 aromatic rings. The van der Waals surface area contributed by atoms with Gasteiger partial charge in [-0.15, -0.1) is 11.8 Å². The lowest BCUT2D eigenvalue weighted by atomic mass is 10.2. The highest BCUT2D eigenvalue weighted by molar-refractivity contribution is 7.99. The van der Waals surface area contributed by atoms with E-state index in [-0.39, 0.29) is 6.42 Å². The van der Waals surface area contributed by atoms with Crippen LogP contribution in [0.4, 0.5) is 5.69 Å². The summed E-state index contributed by atoms with van der Waals surface area (Å²) in [6, 6.07) is 7.72. The van der Waals surface area contributed by atoms with E-state index in [0.29, 0.717) is 0 Å². The Bertz CT molecular complexity index is 311. The number of aliphatic carboxylic acids is 1. The van der Waals surface area contributed by atoms with Crippen molar-refractivity contribution >= 4 is 23.4 Å². The van der Waals surface area contributed by atoms with Crippen LogP contribution in [0.3, 0.4) is 0 Å². The summed E-state index contributed by atoms with van der Waals surface area (Å²) < 4.78 is 0. The number of anilines is 1. The van der Waals surface area contributed by atoms with Crippen molar-refractivity contribution in [1.29, 1.82) is 0 Å². The van der Waals surface area contributed by atoms with Crippen LogP contribution in [-0.4, -0.2) is 16.8 Å². The van der Waals surface area contributed by atoms with Gasteiger partial charge in [0.25, 0.3) is 0 Å². The third-order valence-electron chi connectivity index (χ3n) is 1.93. The Hall–Kier alpha value is -1.16. The third-order valence-corrected chi connectivity index (χ3v) is 3.03. The van der Waals surface area contributed by atoms with Crippen LogP contribution in [0.15, 0.2) is 29.2 Å². The first-order valence-corrected chi connectivity index (χ1v) is 5.87. The molecule has 1 rings (SSSR count). The van der Waals surface area contributed by atoms with Gasteiger partial charge in [-0.05, 0) is 42.9 Å². The molecule has 0 bridgehead atoms. The fourth-order valence-electron chi connectivity index (χ4n) is 1.13. The maximum atomic E-state index is 10.2. The van der Waals surface area contributed by atoms with Gasteiger partial charge in [0.2, 0.25) is 0 Å². The summed E-state index contributed by atoms with van der Waals surface area (Å²) in [6.07, 6.45) is 1.95. The minimum atomic E-state index is -0.715. The van der Waals surface area contributed by atoms with Crippen LogP contribution in [0.1, 0.15) is 19.3 Å². The Labute approximate surface area is 93.7 Å². The zero-order valence-corrected chi connectivity index (χ0v) is 9.30. The lowest BCUT2D eigenvalue weighted by Gasteiger charge is -2.01. The van der Waals surface area contributed by atoms with Gasteiger partial charge in [-0.3, -0.25) is 4.79 Å². The summed E-state index contributed by atoms with van der Waals surface area (Å²) in [5.41, 5.74) is 6.33. The van der Waals surface area contributed by atoms with Crippen LogP contribution in [0.25, 0.3) is 0 Å². The van der Waals surface area contributed by atoms with E-state index in [9.17, 15) is 4.79 Å². The molecule has 0 aliphatic heterocycles. The van der Waals surface area contributed by atoms with Gasteiger partial charge < -0.3 is 10.8 Å². The molecule has 0 radical (unpaired) electrons. The van der Waals surface area contributed by atoms with E-state index in [1.165, 1.54) is 4.90 Å². The highest BCUT2D eigenvalue weighted by Gasteiger charge is 1.97. The highest BCUT2D eigenvalue weighted by Crippen LogP contribution is 2.20. The van der Waals surface area contributed by atoms with Crippen molar-refractivity contribution in [3.05, 3.63) is 24.3 Å². The third kappa shape index (κ3) is 5.32. The van der Waals surface area contributed by atoms with E-state index in [1.54, 1.807) is 11.8 Å². The second-order valence-corrected chi connectivity index (χ2v) is 4.44. The molecular weight excluding hydrogens is 210 g/mol. The zero-order chi connectivity index (χ0) is 11.1. The van der Waals surface area contributed by atoms with E-state index < -0.39 is 5.97 Å². The number of hydrogen-bond acceptors (Lipinski definition) is 3. The average Bonchev–Trinajstić information content (AvgIpc) is 2.20. The first-order chi connectivity index (χ1) is 7.18. The summed E-state index contributed by atoms with van der Waals surface area (Å²) in [5, 5.41) is 8.44. The van der Waals surface area contributed by atoms with Gasteiger partial charge >= 0.3 is 5.97 Å². The second kappa shape index (κ2) is 6.35. The van der Waals surface area contributed by atoms with Crippen LogP contribution in [0.5, 0.6) is 0 Å². The molecule has 0 fully saturated rings. The second-order valence-electron chi connectivity index (χ2n) is 3.27. The maximum absolute atomic E-state index is 10.2. The normalized spacial score (nSPS) is 10.1. The van der Waals surface area contributed by atoms with Crippen molar-refractivity contribution < 1.29 is 9.90 Å². The molecule has 0 amide bonds. The predicted molar refractivity (Wildman–Crippen MR) is 63.1 cm³/mol. The van der Waals surface area contributed by atoms with Crippen molar-refractivity contribution in [2.24, 2.45) is 0 Å². The van der Waals surface area contributed by atoms with Gasteiger partial charge in [0.05, 0.1) is 0 Å². The van der Waals surface area contributed by atoms with E-state index in [2.05, 4.69) is 0 Å². The molecule has 0 aromatic heterocycles. The largest absolute Gasteiger partial charge is 0.481 e. The standard InChI is InChI=1S/C11H15NO2S/c12-9-4-6-10(7-5-9)15-8-2-1-3-11(13)14/h4-7H,1-3,8,12H2,(H,13,14). The minimum absolute atomic E-state index is 0.266. The summed E-state index contributed by atoms with van der Waals surface area (Å²) in [5.74, 6) is 0.240. The molecule has 0 aliphatic rings. The van der Waals surface area contributed by atoms with Crippen LogP contribution < -0.4 is 5.73 Å². The molecule has 15 heavy (non-hydrogen) atoms. The van der Waals surface area contributed by atoms with Crippen molar-refractivity contribution in [2.45, 2.75) is 24.2 Å². The van der Waals surface area contributed by atoms with Gasteiger partial charge in [0.1, 0.15) is 0 Å². The quantitative estimate of drug-likeness (QED) is 0.444. The molecule has 0 heterocycles. The molecular formula is C11H15NO2S. The molecule has 0 saturated heterocycles. The van der Waals surface area contributed by atoms with E-state index in [4.69, 9.17) is 10.8 Å². The fraction of sp³-hybridized carbons (Fsp3) is 0.364. The van der Waals surface area contributed by atoms with Crippen molar-refractivity contribution in [1.82, 2.24) is 0 Å². The minimum Gasteiger partial charge on any atom is -0.481 e. The Morgan fingerprint density at radius 2 is 1.93 bits per heavy atom. The molecule has 1 aromatic carbocycles. The molecule has 4 heteroatoms. The summed E-state index contributed by atoms with van der Waals surface area (Å²) >= 11 is 1.73. The van der Waals surface area contributed by atoms with Gasteiger partial charge in [-0.2, -0.15) is 0 Å².